The lowest BCUT2D eigenvalue weighted by Gasteiger charge is -2.13. The predicted octanol–water partition coefficient (Wildman–Crippen LogP) is 13.5. The Kier molecular flexibility index (Phi) is 7.60. The summed E-state index contributed by atoms with van der Waals surface area (Å²) in [5.41, 5.74) is 9.78. The van der Waals surface area contributed by atoms with Gasteiger partial charge in [-0.15, -0.1) is 11.3 Å². The molecular formula is C50H30N4OS. The van der Waals surface area contributed by atoms with Gasteiger partial charge >= 0.3 is 0 Å². The van der Waals surface area contributed by atoms with E-state index in [0.29, 0.717) is 23.4 Å². The first-order valence-electron chi connectivity index (χ1n) is 18.5. The second-order valence-corrected chi connectivity index (χ2v) is 14.9. The molecule has 6 heteroatoms. The minimum absolute atomic E-state index is 0.606. The maximum atomic E-state index is 6.57. The summed E-state index contributed by atoms with van der Waals surface area (Å²) in [7, 11) is 0. The van der Waals surface area contributed by atoms with Crippen molar-refractivity contribution >= 4 is 53.4 Å². The zero-order valence-corrected chi connectivity index (χ0v) is 30.7. The molecule has 3 heterocycles. The smallest absolute Gasteiger partial charge is 0.227 e. The number of oxazole rings is 1. The molecule has 0 radical (unpaired) electrons. The Morgan fingerprint density at radius 1 is 0.357 bits per heavy atom. The van der Waals surface area contributed by atoms with E-state index in [2.05, 4.69) is 109 Å². The molecule has 0 saturated heterocycles. The van der Waals surface area contributed by atoms with E-state index in [1.807, 2.05) is 72.8 Å². The minimum Gasteiger partial charge on any atom is -0.435 e. The quantitative estimate of drug-likeness (QED) is 0.170. The van der Waals surface area contributed by atoms with Crippen LogP contribution in [0.2, 0.25) is 0 Å². The highest BCUT2D eigenvalue weighted by molar-refractivity contribution is 7.26. The van der Waals surface area contributed by atoms with Crippen molar-refractivity contribution in [2.45, 2.75) is 0 Å². The standard InChI is InChI=1S/C50H30N4OS/c1-5-13-31(14-6-1)37-27-38(32-15-7-2-8-16-32)29-39(28-37)49-53-47(34-17-9-3-10-18-34)52-48(54-49)36-22-21-33-23-25-42-44(40(33)30-36)45-43(56-42)26-24-41-46(45)55-50(51-41)35-19-11-4-12-20-35/h1-30H. The van der Waals surface area contributed by atoms with E-state index in [0.717, 1.165) is 81.9 Å². The van der Waals surface area contributed by atoms with Gasteiger partial charge in [0.2, 0.25) is 5.89 Å². The number of thiophene rings is 1. The Morgan fingerprint density at radius 3 is 1.50 bits per heavy atom. The second-order valence-electron chi connectivity index (χ2n) is 13.9. The molecule has 11 rings (SSSR count). The van der Waals surface area contributed by atoms with E-state index in [9.17, 15) is 0 Å². The van der Waals surface area contributed by atoms with Crippen molar-refractivity contribution in [3.63, 3.8) is 0 Å². The number of benzene rings is 8. The van der Waals surface area contributed by atoms with Crippen LogP contribution in [0.4, 0.5) is 0 Å². The van der Waals surface area contributed by atoms with Crippen LogP contribution < -0.4 is 0 Å². The summed E-state index contributed by atoms with van der Waals surface area (Å²) in [6, 6.07) is 62.9. The van der Waals surface area contributed by atoms with Crippen molar-refractivity contribution in [3.8, 4) is 67.9 Å². The normalized spacial score (nSPS) is 11.6. The average molecular weight is 735 g/mol. The number of hydrogen-bond donors (Lipinski definition) is 0. The van der Waals surface area contributed by atoms with Crippen molar-refractivity contribution in [1.82, 2.24) is 19.9 Å². The molecule has 0 unspecified atom stereocenters. The number of nitrogens with zero attached hydrogens (tertiary/aromatic N) is 4. The number of rotatable bonds is 6. The monoisotopic (exact) mass is 734 g/mol. The number of hydrogen-bond acceptors (Lipinski definition) is 6. The molecule has 5 nitrogen and oxygen atoms in total. The molecule has 3 aromatic heterocycles. The Hall–Kier alpha value is -7.28. The predicted molar refractivity (Wildman–Crippen MR) is 230 cm³/mol. The Balaban J connectivity index is 1.13. The Labute approximate surface area is 326 Å². The van der Waals surface area contributed by atoms with Gasteiger partial charge in [-0.25, -0.2) is 19.9 Å². The van der Waals surface area contributed by atoms with Gasteiger partial charge in [0.05, 0.1) is 0 Å². The Bertz CT molecular complexity index is 3170. The van der Waals surface area contributed by atoms with Crippen LogP contribution in [-0.4, -0.2) is 19.9 Å². The van der Waals surface area contributed by atoms with Crippen molar-refractivity contribution < 1.29 is 4.42 Å². The lowest BCUT2D eigenvalue weighted by molar-refractivity contribution is 0.623. The molecule has 0 N–H and O–H groups in total. The summed E-state index contributed by atoms with van der Waals surface area (Å²) < 4.78 is 8.91. The maximum absolute atomic E-state index is 6.57. The molecule has 0 fully saturated rings. The summed E-state index contributed by atoms with van der Waals surface area (Å²) in [5.74, 6) is 2.45. The zero-order chi connectivity index (χ0) is 37.0. The summed E-state index contributed by atoms with van der Waals surface area (Å²) >= 11 is 1.77. The summed E-state index contributed by atoms with van der Waals surface area (Å²) in [6.45, 7) is 0. The second kappa shape index (κ2) is 13.2. The average Bonchev–Trinajstić information content (AvgIpc) is 3.89. The molecule has 0 aliphatic rings. The molecule has 8 aromatic carbocycles. The lowest BCUT2D eigenvalue weighted by atomic mass is 9.96. The maximum Gasteiger partial charge on any atom is 0.227 e. The van der Waals surface area contributed by atoms with Crippen LogP contribution >= 0.6 is 11.3 Å². The molecule has 0 spiro atoms. The largest absolute Gasteiger partial charge is 0.435 e. The first-order chi connectivity index (χ1) is 27.7. The third-order valence-corrected chi connectivity index (χ3v) is 11.4. The van der Waals surface area contributed by atoms with Crippen LogP contribution in [0.1, 0.15) is 0 Å². The third kappa shape index (κ3) is 5.63. The first kappa shape index (κ1) is 32.2. The van der Waals surface area contributed by atoms with Crippen LogP contribution in [-0.2, 0) is 0 Å². The van der Waals surface area contributed by atoms with Crippen molar-refractivity contribution in [3.05, 3.63) is 182 Å². The van der Waals surface area contributed by atoms with Gasteiger partial charge in [-0.1, -0.05) is 127 Å². The van der Waals surface area contributed by atoms with Gasteiger partial charge in [0.1, 0.15) is 5.52 Å². The molecule has 262 valence electrons. The van der Waals surface area contributed by atoms with Crippen LogP contribution in [0.25, 0.3) is 110 Å². The first-order valence-corrected chi connectivity index (χ1v) is 19.4. The van der Waals surface area contributed by atoms with Crippen LogP contribution in [0.5, 0.6) is 0 Å². The molecule has 0 saturated carbocycles. The van der Waals surface area contributed by atoms with E-state index in [1.54, 1.807) is 11.3 Å². The SMILES string of the molecule is c1ccc(-c2cc(-c3ccccc3)cc(-c3nc(-c4ccccc4)nc(-c4ccc5ccc6sc7ccc8nc(-c9ccccc9)oc8c7c6c5c4)n3)c2)cc1. The molecule has 0 bridgehead atoms. The van der Waals surface area contributed by atoms with E-state index in [4.69, 9.17) is 24.4 Å². The number of fused-ring (bicyclic) bond motifs is 7. The van der Waals surface area contributed by atoms with Gasteiger partial charge in [-0.3, -0.25) is 0 Å². The highest BCUT2D eigenvalue weighted by Gasteiger charge is 2.19. The summed E-state index contributed by atoms with van der Waals surface area (Å²) in [4.78, 5) is 20.4. The van der Waals surface area contributed by atoms with Gasteiger partial charge in [-0.2, -0.15) is 0 Å². The van der Waals surface area contributed by atoms with E-state index in [-0.39, 0.29) is 0 Å². The molecule has 0 aliphatic heterocycles. The molecule has 11 aromatic rings. The van der Waals surface area contributed by atoms with Crippen molar-refractivity contribution in [1.29, 1.82) is 0 Å². The molecular weight excluding hydrogens is 705 g/mol. The fraction of sp³-hybridized carbons (Fsp3) is 0. The highest BCUT2D eigenvalue weighted by atomic mass is 32.1. The fourth-order valence-corrected chi connectivity index (χ4v) is 8.72. The van der Waals surface area contributed by atoms with Gasteiger partial charge in [0, 0.05) is 42.4 Å². The fourth-order valence-electron chi connectivity index (χ4n) is 7.60. The van der Waals surface area contributed by atoms with Crippen LogP contribution in [0.3, 0.4) is 0 Å². The van der Waals surface area contributed by atoms with E-state index >= 15 is 0 Å². The van der Waals surface area contributed by atoms with Gasteiger partial charge in [0.15, 0.2) is 23.1 Å². The number of aromatic nitrogens is 4. The Morgan fingerprint density at radius 2 is 0.857 bits per heavy atom. The summed E-state index contributed by atoms with van der Waals surface area (Å²) in [6.07, 6.45) is 0. The molecule has 0 amide bonds. The highest BCUT2D eigenvalue weighted by Crippen LogP contribution is 2.44. The van der Waals surface area contributed by atoms with Gasteiger partial charge in [0.25, 0.3) is 0 Å². The topological polar surface area (TPSA) is 64.7 Å². The molecule has 0 atom stereocenters. The van der Waals surface area contributed by atoms with Gasteiger partial charge in [-0.05, 0) is 87.6 Å². The zero-order valence-electron chi connectivity index (χ0n) is 29.9. The molecule has 0 aliphatic carbocycles. The van der Waals surface area contributed by atoms with E-state index in [1.165, 1.54) is 4.70 Å². The third-order valence-electron chi connectivity index (χ3n) is 10.3. The van der Waals surface area contributed by atoms with Crippen molar-refractivity contribution in [2.24, 2.45) is 0 Å². The van der Waals surface area contributed by atoms with Crippen LogP contribution in [0.15, 0.2) is 186 Å². The van der Waals surface area contributed by atoms with E-state index < -0.39 is 0 Å². The minimum atomic E-state index is 0.606. The van der Waals surface area contributed by atoms with Crippen molar-refractivity contribution in [2.75, 3.05) is 0 Å². The molecule has 56 heavy (non-hydrogen) atoms. The lowest BCUT2D eigenvalue weighted by Crippen LogP contribution is -2.00. The van der Waals surface area contributed by atoms with Gasteiger partial charge < -0.3 is 4.42 Å². The van der Waals surface area contributed by atoms with Crippen LogP contribution in [0, 0.1) is 0 Å². The summed E-state index contributed by atoms with van der Waals surface area (Å²) in [5, 5.41) is 4.46.